The average Bonchev–Trinajstić information content (AvgIpc) is 2.36. The molecule has 0 atom stereocenters. The largest absolute Gasteiger partial charge is 0.415 e. The van der Waals surface area contributed by atoms with Crippen LogP contribution in [0.5, 0.6) is 0 Å². The molecule has 0 saturated heterocycles. The number of aliphatic hydroxyl groups is 1. The molecule has 0 heterocycles. The Morgan fingerprint density at radius 1 is 1.17 bits per heavy atom. The molecular weight excluding hydrogens is 244 g/mol. The van der Waals surface area contributed by atoms with Gasteiger partial charge in [-0.3, -0.25) is 0 Å². The molecule has 0 aliphatic carbocycles. The molecule has 0 aliphatic rings. The summed E-state index contributed by atoms with van der Waals surface area (Å²) in [6.45, 7) is 7.24. The van der Waals surface area contributed by atoms with Crippen LogP contribution in [0.1, 0.15) is 40.5 Å². The van der Waals surface area contributed by atoms with E-state index in [0.29, 0.717) is 13.1 Å². The van der Waals surface area contributed by atoms with Crippen molar-refractivity contribution in [1.29, 1.82) is 0 Å². The van der Waals surface area contributed by atoms with Gasteiger partial charge < -0.3 is 14.7 Å². The average molecular weight is 265 g/mol. The van der Waals surface area contributed by atoms with E-state index < -0.39 is 23.5 Å². The lowest BCUT2D eigenvalue weighted by atomic mass is 9.95. The number of amides is 1. The molecule has 1 amide bonds. The number of carbonyl (C=O) groups is 1. The zero-order chi connectivity index (χ0) is 14.3. The maximum atomic E-state index is 12.8. The van der Waals surface area contributed by atoms with Gasteiger partial charge in [-0.05, 0) is 26.7 Å². The number of hydrogen-bond acceptors (Lipinski definition) is 3. The highest BCUT2D eigenvalue weighted by atomic mass is 19.3. The molecular formula is C12H21F2NO3. The van der Waals surface area contributed by atoms with Crippen LogP contribution in [0.3, 0.4) is 0 Å². The molecule has 0 saturated carbocycles. The van der Waals surface area contributed by atoms with Gasteiger partial charge in [0.25, 0.3) is 0 Å². The van der Waals surface area contributed by atoms with E-state index >= 15 is 0 Å². The molecule has 0 rings (SSSR count). The summed E-state index contributed by atoms with van der Waals surface area (Å²) in [6, 6.07) is 0. The zero-order valence-electron chi connectivity index (χ0n) is 11.3. The van der Waals surface area contributed by atoms with E-state index in [-0.39, 0.29) is 12.8 Å². The topological polar surface area (TPSA) is 49.8 Å². The number of nitrogens with zero attached hydrogens (tertiary/aromatic N) is 1. The number of halogens is 2. The van der Waals surface area contributed by atoms with E-state index in [1.165, 1.54) is 4.90 Å². The molecule has 0 aromatic rings. The van der Waals surface area contributed by atoms with Crippen molar-refractivity contribution in [3.8, 4) is 0 Å². The van der Waals surface area contributed by atoms with E-state index in [1.807, 2.05) is 0 Å². The molecule has 0 spiro atoms. The van der Waals surface area contributed by atoms with Gasteiger partial charge in [-0.1, -0.05) is 13.8 Å². The minimum Gasteiger partial charge on any atom is -0.406 e. The lowest BCUT2D eigenvalue weighted by Gasteiger charge is -2.28. The van der Waals surface area contributed by atoms with Crippen molar-refractivity contribution in [2.45, 2.75) is 46.1 Å². The Labute approximate surface area is 106 Å². The third kappa shape index (κ3) is 3.94. The molecule has 0 aliphatic heterocycles. The fourth-order valence-corrected chi connectivity index (χ4v) is 1.51. The Hall–Kier alpha value is -1.17. The fraction of sp³-hybridized carbons (Fsp3) is 0.750. The van der Waals surface area contributed by atoms with Crippen LogP contribution in [0.15, 0.2) is 11.8 Å². The summed E-state index contributed by atoms with van der Waals surface area (Å²) >= 11 is 0. The highest BCUT2D eigenvalue weighted by Gasteiger charge is 2.36. The predicted octanol–water partition coefficient (Wildman–Crippen LogP) is 3.12. The lowest BCUT2D eigenvalue weighted by molar-refractivity contribution is 0.00481. The molecule has 0 radical (unpaired) electrons. The highest BCUT2D eigenvalue weighted by Crippen LogP contribution is 2.30. The Morgan fingerprint density at radius 2 is 1.61 bits per heavy atom. The van der Waals surface area contributed by atoms with Gasteiger partial charge in [0.2, 0.25) is 5.76 Å². The summed E-state index contributed by atoms with van der Waals surface area (Å²) in [7, 11) is 0. The van der Waals surface area contributed by atoms with Crippen LogP contribution in [-0.2, 0) is 4.74 Å². The van der Waals surface area contributed by atoms with Gasteiger partial charge in [-0.25, -0.2) is 4.79 Å². The fourth-order valence-electron chi connectivity index (χ4n) is 1.51. The molecule has 4 nitrogen and oxygen atoms in total. The highest BCUT2D eigenvalue weighted by molar-refractivity contribution is 5.69. The van der Waals surface area contributed by atoms with E-state index in [2.05, 4.69) is 4.74 Å². The number of rotatable bonds is 6. The first-order valence-electron chi connectivity index (χ1n) is 6.11. The molecule has 0 fully saturated rings. The lowest BCUT2D eigenvalue weighted by Crippen LogP contribution is -2.37. The van der Waals surface area contributed by atoms with Crippen molar-refractivity contribution in [3.05, 3.63) is 11.8 Å². The van der Waals surface area contributed by atoms with Crippen molar-refractivity contribution in [2.75, 3.05) is 13.1 Å². The SMILES string of the molecule is CCN(CC)C(=O)OC(=C(F)F)C(O)(CC)CC. The maximum Gasteiger partial charge on any atom is 0.415 e. The number of carbonyl (C=O) groups excluding carboxylic acids is 1. The number of hydrogen-bond donors (Lipinski definition) is 1. The summed E-state index contributed by atoms with van der Waals surface area (Å²) in [4.78, 5) is 12.9. The summed E-state index contributed by atoms with van der Waals surface area (Å²) in [5.74, 6) is -0.940. The first kappa shape index (κ1) is 16.8. The zero-order valence-corrected chi connectivity index (χ0v) is 11.3. The van der Waals surface area contributed by atoms with Crippen molar-refractivity contribution in [2.24, 2.45) is 0 Å². The quantitative estimate of drug-likeness (QED) is 0.751. The number of ether oxygens (including phenoxy) is 1. The smallest absolute Gasteiger partial charge is 0.406 e. The molecule has 0 unspecified atom stereocenters. The maximum absolute atomic E-state index is 12.8. The normalized spacial score (nSPS) is 11.1. The van der Waals surface area contributed by atoms with Gasteiger partial charge in [0.1, 0.15) is 5.60 Å². The molecule has 6 heteroatoms. The summed E-state index contributed by atoms with van der Waals surface area (Å²) < 4.78 is 30.3. The van der Waals surface area contributed by atoms with E-state index in [4.69, 9.17) is 0 Å². The predicted molar refractivity (Wildman–Crippen MR) is 64.2 cm³/mol. The second kappa shape index (κ2) is 7.31. The van der Waals surface area contributed by atoms with Crippen LogP contribution in [-0.4, -0.2) is 34.8 Å². The molecule has 0 aromatic heterocycles. The van der Waals surface area contributed by atoms with Gasteiger partial charge >= 0.3 is 12.2 Å². The third-order valence-electron chi connectivity index (χ3n) is 2.98. The van der Waals surface area contributed by atoms with E-state index in [9.17, 15) is 18.7 Å². The van der Waals surface area contributed by atoms with Crippen molar-refractivity contribution in [3.63, 3.8) is 0 Å². The van der Waals surface area contributed by atoms with Crippen LogP contribution in [0.25, 0.3) is 0 Å². The molecule has 0 bridgehead atoms. The first-order chi connectivity index (χ1) is 8.36. The third-order valence-corrected chi connectivity index (χ3v) is 2.98. The van der Waals surface area contributed by atoms with Crippen molar-refractivity contribution in [1.82, 2.24) is 4.90 Å². The van der Waals surface area contributed by atoms with E-state index in [1.54, 1.807) is 27.7 Å². The Balaban J connectivity index is 5.10. The second-order valence-corrected chi connectivity index (χ2v) is 3.87. The minimum atomic E-state index is -2.17. The van der Waals surface area contributed by atoms with Crippen LogP contribution in [0.4, 0.5) is 13.6 Å². The summed E-state index contributed by atoms with van der Waals surface area (Å²) in [5, 5.41) is 10.0. The van der Waals surface area contributed by atoms with Crippen LogP contribution < -0.4 is 0 Å². The standard InChI is InChI=1S/C12H21F2NO3/c1-5-12(17,6-2)9(10(13)14)18-11(16)15(7-3)8-4/h17H,5-8H2,1-4H3. The molecule has 18 heavy (non-hydrogen) atoms. The van der Waals surface area contributed by atoms with Gasteiger partial charge in [0, 0.05) is 13.1 Å². The molecule has 0 aromatic carbocycles. The van der Waals surface area contributed by atoms with E-state index in [0.717, 1.165) is 0 Å². The van der Waals surface area contributed by atoms with Gasteiger partial charge in [0.05, 0.1) is 0 Å². The summed E-state index contributed by atoms with van der Waals surface area (Å²) in [6.07, 6.45) is -2.95. The Kier molecular flexibility index (Phi) is 6.83. The van der Waals surface area contributed by atoms with Gasteiger partial charge in [-0.2, -0.15) is 8.78 Å². The first-order valence-corrected chi connectivity index (χ1v) is 6.11. The molecule has 1 N–H and O–H groups in total. The monoisotopic (exact) mass is 265 g/mol. The summed E-state index contributed by atoms with van der Waals surface area (Å²) in [5.41, 5.74) is -1.80. The van der Waals surface area contributed by atoms with Crippen LogP contribution in [0.2, 0.25) is 0 Å². The van der Waals surface area contributed by atoms with Crippen molar-refractivity contribution < 1.29 is 23.4 Å². The van der Waals surface area contributed by atoms with Crippen LogP contribution in [0, 0.1) is 0 Å². The molecule has 106 valence electrons. The second-order valence-electron chi connectivity index (χ2n) is 3.87. The Morgan fingerprint density at radius 3 is 1.89 bits per heavy atom. The van der Waals surface area contributed by atoms with Gasteiger partial charge in [0.15, 0.2) is 0 Å². The minimum absolute atomic E-state index is 0.0434. The van der Waals surface area contributed by atoms with Crippen molar-refractivity contribution >= 4 is 6.09 Å². The van der Waals surface area contributed by atoms with Gasteiger partial charge in [-0.15, -0.1) is 0 Å². The Bertz CT molecular complexity index is 306. The van der Waals surface area contributed by atoms with Crippen LogP contribution >= 0.6 is 0 Å².